The van der Waals surface area contributed by atoms with Crippen molar-refractivity contribution in [1.29, 1.82) is 0 Å². The smallest absolute Gasteiger partial charge is 0.257 e. The highest BCUT2D eigenvalue weighted by Gasteiger charge is 2.16. The molecule has 25 heavy (non-hydrogen) atoms. The molecular formula is C19H17N5O. The maximum atomic E-state index is 5.38. The molecule has 0 aliphatic rings. The van der Waals surface area contributed by atoms with Crippen molar-refractivity contribution in [1.82, 2.24) is 20.1 Å². The van der Waals surface area contributed by atoms with Crippen LogP contribution >= 0.6 is 0 Å². The van der Waals surface area contributed by atoms with E-state index >= 15 is 0 Å². The summed E-state index contributed by atoms with van der Waals surface area (Å²) in [5.74, 6) is 1.85. The molecule has 4 rings (SSSR count). The van der Waals surface area contributed by atoms with Crippen molar-refractivity contribution < 1.29 is 4.52 Å². The standard InChI is InChI=1S/C19H17N5O/c1-12-8-9-16-15(10-12)18(21-11-20-16)22-13(2)17-23-19(25-24-17)14-6-4-3-5-7-14/h3-11,13H,1-2H3,(H,20,21,22). The number of hydrogen-bond acceptors (Lipinski definition) is 6. The second kappa shape index (κ2) is 6.32. The third-order valence-corrected chi connectivity index (χ3v) is 3.99. The molecule has 0 radical (unpaired) electrons. The zero-order valence-electron chi connectivity index (χ0n) is 14.0. The lowest BCUT2D eigenvalue weighted by Crippen LogP contribution is -2.10. The van der Waals surface area contributed by atoms with E-state index in [1.54, 1.807) is 6.33 Å². The summed E-state index contributed by atoms with van der Waals surface area (Å²) in [4.78, 5) is 13.2. The van der Waals surface area contributed by atoms with Gasteiger partial charge in [-0.1, -0.05) is 35.0 Å². The van der Waals surface area contributed by atoms with Crippen LogP contribution in [0.15, 0.2) is 59.4 Å². The molecule has 6 nitrogen and oxygen atoms in total. The monoisotopic (exact) mass is 331 g/mol. The number of aryl methyl sites for hydroxylation is 1. The number of rotatable bonds is 4. The van der Waals surface area contributed by atoms with Gasteiger partial charge in [0.2, 0.25) is 0 Å². The van der Waals surface area contributed by atoms with E-state index in [2.05, 4.69) is 31.5 Å². The summed E-state index contributed by atoms with van der Waals surface area (Å²) in [5.41, 5.74) is 2.95. The summed E-state index contributed by atoms with van der Waals surface area (Å²) >= 11 is 0. The molecule has 6 heteroatoms. The highest BCUT2D eigenvalue weighted by Crippen LogP contribution is 2.25. The summed E-state index contributed by atoms with van der Waals surface area (Å²) in [6.45, 7) is 4.02. The zero-order chi connectivity index (χ0) is 17.2. The number of anilines is 1. The van der Waals surface area contributed by atoms with E-state index in [1.165, 1.54) is 0 Å². The lowest BCUT2D eigenvalue weighted by atomic mass is 10.1. The SMILES string of the molecule is Cc1ccc2ncnc(NC(C)c3noc(-c4ccccc4)n3)c2c1. The first-order valence-electron chi connectivity index (χ1n) is 8.07. The van der Waals surface area contributed by atoms with E-state index in [9.17, 15) is 0 Å². The van der Waals surface area contributed by atoms with Crippen molar-refractivity contribution in [2.45, 2.75) is 19.9 Å². The predicted octanol–water partition coefficient (Wildman–Crippen LogP) is 4.16. The molecule has 0 spiro atoms. The van der Waals surface area contributed by atoms with E-state index in [1.807, 2.05) is 56.3 Å². The van der Waals surface area contributed by atoms with Crippen molar-refractivity contribution in [2.24, 2.45) is 0 Å². The second-order valence-electron chi connectivity index (χ2n) is 5.93. The van der Waals surface area contributed by atoms with Gasteiger partial charge in [-0.3, -0.25) is 0 Å². The predicted molar refractivity (Wildman–Crippen MR) is 96.0 cm³/mol. The normalized spacial score (nSPS) is 12.2. The Morgan fingerprint density at radius 3 is 2.72 bits per heavy atom. The fourth-order valence-corrected chi connectivity index (χ4v) is 2.66. The summed E-state index contributed by atoms with van der Waals surface area (Å²) in [7, 11) is 0. The van der Waals surface area contributed by atoms with Gasteiger partial charge in [0.25, 0.3) is 5.89 Å². The van der Waals surface area contributed by atoms with Crippen LogP contribution in [0.1, 0.15) is 24.4 Å². The average molecular weight is 331 g/mol. The van der Waals surface area contributed by atoms with Gasteiger partial charge in [-0.2, -0.15) is 4.98 Å². The molecule has 1 unspecified atom stereocenters. The number of nitrogens with one attached hydrogen (secondary N) is 1. The summed E-state index contributed by atoms with van der Waals surface area (Å²) in [6, 6.07) is 15.7. The molecule has 0 saturated carbocycles. The van der Waals surface area contributed by atoms with E-state index in [4.69, 9.17) is 4.52 Å². The van der Waals surface area contributed by atoms with Gasteiger partial charge >= 0.3 is 0 Å². The Hall–Kier alpha value is -3.28. The Balaban J connectivity index is 1.62. The first-order valence-corrected chi connectivity index (χ1v) is 8.07. The Morgan fingerprint density at radius 1 is 1.04 bits per heavy atom. The van der Waals surface area contributed by atoms with Gasteiger partial charge in [0, 0.05) is 10.9 Å². The van der Waals surface area contributed by atoms with Crippen LogP contribution < -0.4 is 5.32 Å². The fraction of sp³-hybridized carbons (Fsp3) is 0.158. The van der Waals surface area contributed by atoms with Crippen LogP contribution in [-0.4, -0.2) is 20.1 Å². The summed E-state index contributed by atoms with van der Waals surface area (Å²) in [6.07, 6.45) is 1.55. The molecule has 0 aliphatic carbocycles. The second-order valence-corrected chi connectivity index (χ2v) is 5.93. The maximum Gasteiger partial charge on any atom is 0.257 e. The van der Waals surface area contributed by atoms with E-state index in [0.29, 0.717) is 11.7 Å². The van der Waals surface area contributed by atoms with Crippen LogP contribution in [0.2, 0.25) is 0 Å². The van der Waals surface area contributed by atoms with Gasteiger partial charge in [0.1, 0.15) is 12.1 Å². The molecule has 0 amide bonds. The topological polar surface area (TPSA) is 76.7 Å². The molecule has 2 aromatic heterocycles. The van der Waals surface area contributed by atoms with Gasteiger partial charge in [-0.05, 0) is 38.1 Å². The molecular weight excluding hydrogens is 314 g/mol. The average Bonchev–Trinajstić information content (AvgIpc) is 3.13. The Bertz CT molecular complexity index is 1010. The number of aromatic nitrogens is 4. The molecule has 2 aromatic carbocycles. The minimum Gasteiger partial charge on any atom is -0.360 e. The number of hydrogen-bond donors (Lipinski definition) is 1. The van der Waals surface area contributed by atoms with E-state index in [-0.39, 0.29) is 6.04 Å². The molecule has 4 aromatic rings. The molecule has 0 aliphatic heterocycles. The largest absolute Gasteiger partial charge is 0.360 e. The van der Waals surface area contributed by atoms with Crippen molar-refractivity contribution in [2.75, 3.05) is 5.32 Å². The maximum absolute atomic E-state index is 5.38. The van der Waals surface area contributed by atoms with Gasteiger partial charge in [-0.25, -0.2) is 9.97 Å². The number of nitrogens with zero attached hydrogens (tertiary/aromatic N) is 4. The number of benzene rings is 2. The minimum atomic E-state index is -0.153. The molecule has 124 valence electrons. The minimum absolute atomic E-state index is 0.153. The van der Waals surface area contributed by atoms with Crippen molar-refractivity contribution in [3.8, 4) is 11.5 Å². The van der Waals surface area contributed by atoms with Crippen LogP contribution in [0.25, 0.3) is 22.4 Å². The molecule has 0 saturated heterocycles. The van der Waals surface area contributed by atoms with Crippen LogP contribution in [0.4, 0.5) is 5.82 Å². The van der Waals surface area contributed by atoms with Crippen LogP contribution in [0.5, 0.6) is 0 Å². The van der Waals surface area contributed by atoms with Crippen molar-refractivity contribution in [3.05, 3.63) is 66.2 Å². The van der Waals surface area contributed by atoms with Crippen molar-refractivity contribution >= 4 is 16.7 Å². The zero-order valence-corrected chi connectivity index (χ0v) is 14.0. The molecule has 1 atom stereocenters. The van der Waals surface area contributed by atoms with Gasteiger partial charge in [0.15, 0.2) is 5.82 Å². The van der Waals surface area contributed by atoms with Crippen LogP contribution in [0.3, 0.4) is 0 Å². The van der Waals surface area contributed by atoms with Crippen molar-refractivity contribution in [3.63, 3.8) is 0 Å². The fourth-order valence-electron chi connectivity index (χ4n) is 2.66. The summed E-state index contributed by atoms with van der Waals surface area (Å²) < 4.78 is 5.38. The van der Waals surface area contributed by atoms with E-state index < -0.39 is 0 Å². The lowest BCUT2D eigenvalue weighted by Gasteiger charge is -2.12. The first-order chi connectivity index (χ1) is 12.2. The van der Waals surface area contributed by atoms with Gasteiger partial charge < -0.3 is 9.84 Å². The van der Waals surface area contributed by atoms with Gasteiger partial charge in [-0.15, -0.1) is 0 Å². The number of fused-ring (bicyclic) bond motifs is 1. The quantitative estimate of drug-likeness (QED) is 0.605. The van der Waals surface area contributed by atoms with Gasteiger partial charge in [0.05, 0.1) is 11.6 Å². The molecule has 2 heterocycles. The van der Waals surface area contributed by atoms with Crippen LogP contribution in [-0.2, 0) is 0 Å². The third-order valence-electron chi connectivity index (χ3n) is 3.99. The summed E-state index contributed by atoms with van der Waals surface area (Å²) in [5, 5.41) is 8.42. The Labute approximate surface area is 144 Å². The lowest BCUT2D eigenvalue weighted by molar-refractivity contribution is 0.420. The molecule has 1 N–H and O–H groups in total. The Morgan fingerprint density at radius 2 is 1.88 bits per heavy atom. The third kappa shape index (κ3) is 3.06. The molecule has 0 bridgehead atoms. The highest BCUT2D eigenvalue weighted by molar-refractivity contribution is 5.89. The van der Waals surface area contributed by atoms with Crippen LogP contribution in [0, 0.1) is 6.92 Å². The van der Waals surface area contributed by atoms with E-state index in [0.717, 1.165) is 27.8 Å². The molecule has 0 fully saturated rings. The Kier molecular flexibility index (Phi) is 3.85. The first kappa shape index (κ1) is 15.3. The highest BCUT2D eigenvalue weighted by atomic mass is 16.5.